The highest BCUT2D eigenvalue weighted by molar-refractivity contribution is 7.89. The number of hydrogen-bond donors (Lipinski definition) is 2. The summed E-state index contributed by atoms with van der Waals surface area (Å²) in [6.07, 6.45) is 3.54. The zero-order valence-electron chi connectivity index (χ0n) is 8.57. The minimum Gasteiger partial charge on any atom is -0.393 e. The largest absolute Gasteiger partial charge is 0.393 e. The van der Waals surface area contributed by atoms with E-state index in [2.05, 4.69) is 4.72 Å². The highest BCUT2D eigenvalue weighted by Gasteiger charge is 2.23. The van der Waals surface area contributed by atoms with Crippen LogP contribution >= 0.6 is 0 Å². The molecule has 0 heterocycles. The number of hydrogen-bond acceptors (Lipinski definition) is 3. The van der Waals surface area contributed by atoms with Crippen LogP contribution in [0.5, 0.6) is 0 Å². The van der Waals surface area contributed by atoms with E-state index in [1.54, 1.807) is 6.92 Å². The van der Waals surface area contributed by atoms with E-state index < -0.39 is 10.0 Å². The predicted molar refractivity (Wildman–Crippen MR) is 55.4 cm³/mol. The fourth-order valence-electron chi connectivity index (χ4n) is 1.76. The van der Waals surface area contributed by atoms with Crippen LogP contribution in [0.2, 0.25) is 0 Å². The summed E-state index contributed by atoms with van der Waals surface area (Å²) in [5, 5.41) is 9.60. The first-order valence-corrected chi connectivity index (χ1v) is 6.86. The highest BCUT2D eigenvalue weighted by atomic mass is 32.2. The van der Waals surface area contributed by atoms with E-state index in [0.29, 0.717) is 6.54 Å². The normalized spacial score (nSPS) is 29.0. The first-order valence-electron chi connectivity index (χ1n) is 5.20. The van der Waals surface area contributed by atoms with E-state index in [0.717, 1.165) is 25.7 Å². The van der Waals surface area contributed by atoms with Crippen molar-refractivity contribution < 1.29 is 13.5 Å². The highest BCUT2D eigenvalue weighted by Crippen LogP contribution is 2.23. The molecule has 0 aromatic heterocycles. The van der Waals surface area contributed by atoms with Gasteiger partial charge in [0.15, 0.2) is 0 Å². The van der Waals surface area contributed by atoms with Crippen LogP contribution in [-0.2, 0) is 10.0 Å². The summed E-state index contributed by atoms with van der Waals surface area (Å²) in [7, 11) is -3.10. The van der Waals surface area contributed by atoms with Crippen LogP contribution in [0.4, 0.5) is 0 Å². The van der Waals surface area contributed by atoms with Crippen molar-refractivity contribution in [1.29, 1.82) is 0 Å². The van der Waals surface area contributed by atoms with Crippen molar-refractivity contribution in [2.75, 3.05) is 12.3 Å². The molecule has 2 atom stereocenters. The lowest BCUT2D eigenvalue weighted by molar-refractivity contribution is 0.0724. The average molecular weight is 221 g/mol. The van der Waals surface area contributed by atoms with Crippen LogP contribution < -0.4 is 4.72 Å². The van der Waals surface area contributed by atoms with Gasteiger partial charge < -0.3 is 5.11 Å². The molecule has 0 spiro atoms. The van der Waals surface area contributed by atoms with Crippen LogP contribution in [0.25, 0.3) is 0 Å². The molecule has 0 radical (unpaired) electrons. The lowest BCUT2D eigenvalue weighted by atomic mass is 9.87. The second kappa shape index (κ2) is 5.09. The molecule has 0 saturated heterocycles. The molecule has 0 amide bonds. The minimum atomic E-state index is -3.10. The molecule has 1 rings (SSSR count). The molecular weight excluding hydrogens is 202 g/mol. The van der Waals surface area contributed by atoms with Gasteiger partial charge in [0.05, 0.1) is 11.9 Å². The van der Waals surface area contributed by atoms with Gasteiger partial charge in [-0.2, -0.15) is 0 Å². The van der Waals surface area contributed by atoms with Gasteiger partial charge in [0, 0.05) is 6.54 Å². The molecule has 1 fully saturated rings. The second-order valence-electron chi connectivity index (χ2n) is 3.86. The molecule has 1 aliphatic rings. The number of aliphatic hydroxyl groups is 1. The molecule has 0 bridgehead atoms. The number of nitrogens with one attached hydrogen (secondary N) is 1. The molecule has 4 nitrogen and oxygen atoms in total. The Kier molecular flexibility index (Phi) is 4.34. The summed E-state index contributed by atoms with van der Waals surface area (Å²) in [6, 6.07) is 0. The van der Waals surface area contributed by atoms with E-state index in [1.165, 1.54) is 0 Å². The molecule has 1 aliphatic carbocycles. The summed E-state index contributed by atoms with van der Waals surface area (Å²) in [5.74, 6) is 0.209. The van der Waals surface area contributed by atoms with Crippen molar-refractivity contribution in [1.82, 2.24) is 4.72 Å². The maximum Gasteiger partial charge on any atom is 0.211 e. The van der Waals surface area contributed by atoms with E-state index in [4.69, 9.17) is 0 Å². The van der Waals surface area contributed by atoms with Gasteiger partial charge in [0.2, 0.25) is 10.0 Å². The molecule has 84 valence electrons. The lowest BCUT2D eigenvalue weighted by Gasteiger charge is -2.27. The third-order valence-electron chi connectivity index (χ3n) is 2.81. The third-order valence-corrected chi connectivity index (χ3v) is 4.18. The van der Waals surface area contributed by atoms with Gasteiger partial charge in [-0.15, -0.1) is 0 Å². The van der Waals surface area contributed by atoms with Crippen molar-refractivity contribution in [2.24, 2.45) is 5.92 Å². The molecular formula is C9H19NO3S. The van der Waals surface area contributed by atoms with E-state index >= 15 is 0 Å². The number of aliphatic hydroxyl groups excluding tert-OH is 1. The third kappa shape index (κ3) is 3.55. The Balaban J connectivity index is 2.36. The number of sulfonamides is 1. The maximum atomic E-state index is 11.2. The quantitative estimate of drug-likeness (QED) is 0.725. The molecule has 0 aromatic carbocycles. The van der Waals surface area contributed by atoms with Crippen molar-refractivity contribution in [3.63, 3.8) is 0 Å². The Bertz CT molecular complexity index is 263. The van der Waals surface area contributed by atoms with Gasteiger partial charge in [-0.05, 0) is 25.7 Å². The van der Waals surface area contributed by atoms with Gasteiger partial charge in [-0.25, -0.2) is 13.1 Å². The molecule has 1 saturated carbocycles. The van der Waals surface area contributed by atoms with Gasteiger partial charge in [0.1, 0.15) is 0 Å². The molecule has 2 N–H and O–H groups in total. The summed E-state index contributed by atoms with van der Waals surface area (Å²) < 4.78 is 24.8. The van der Waals surface area contributed by atoms with Crippen molar-refractivity contribution in [2.45, 2.75) is 38.7 Å². The maximum absolute atomic E-state index is 11.2. The first-order chi connectivity index (χ1) is 6.55. The molecule has 2 unspecified atom stereocenters. The predicted octanol–water partition coefficient (Wildman–Crippen LogP) is 0.477. The Labute approximate surface area is 85.8 Å². The van der Waals surface area contributed by atoms with E-state index in [-0.39, 0.29) is 17.8 Å². The van der Waals surface area contributed by atoms with Gasteiger partial charge >= 0.3 is 0 Å². The lowest BCUT2D eigenvalue weighted by Crippen LogP contribution is -2.37. The van der Waals surface area contributed by atoms with Crippen molar-refractivity contribution in [3.8, 4) is 0 Å². The average Bonchev–Trinajstić information content (AvgIpc) is 2.17. The second-order valence-corrected chi connectivity index (χ2v) is 5.96. The van der Waals surface area contributed by atoms with Crippen LogP contribution in [0.1, 0.15) is 32.6 Å². The van der Waals surface area contributed by atoms with Crippen LogP contribution in [0, 0.1) is 5.92 Å². The van der Waals surface area contributed by atoms with Crippen molar-refractivity contribution in [3.05, 3.63) is 0 Å². The summed E-state index contributed by atoms with van der Waals surface area (Å²) in [5.41, 5.74) is 0. The Morgan fingerprint density at radius 2 is 2.00 bits per heavy atom. The summed E-state index contributed by atoms with van der Waals surface area (Å²) in [4.78, 5) is 0. The SMILES string of the molecule is CCS(=O)(=O)NCC1CCCCC1O. The zero-order chi connectivity index (χ0) is 10.6. The van der Waals surface area contributed by atoms with E-state index in [9.17, 15) is 13.5 Å². The summed E-state index contributed by atoms with van der Waals surface area (Å²) >= 11 is 0. The Morgan fingerprint density at radius 1 is 1.36 bits per heavy atom. The zero-order valence-corrected chi connectivity index (χ0v) is 9.39. The molecule has 0 aromatic rings. The fraction of sp³-hybridized carbons (Fsp3) is 1.00. The molecule has 0 aliphatic heterocycles. The van der Waals surface area contributed by atoms with Crippen LogP contribution in [-0.4, -0.2) is 31.9 Å². The van der Waals surface area contributed by atoms with E-state index in [1.807, 2.05) is 0 Å². The molecule has 5 heteroatoms. The summed E-state index contributed by atoms with van der Waals surface area (Å²) in [6.45, 7) is 2.00. The standard InChI is InChI=1S/C9H19NO3S/c1-2-14(12,13)10-7-8-5-3-4-6-9(8)11/h8-11H,2-7H2,1H3. The Hall–Kier alpha value is -0.130. The fourth-order valence-corrected chi connectivity index (χ4v) is 2.43. The van der Waals surface area contributed by atoms with Gasteiger partial charge in [0.25, 0.3) is 0 Å². The van der Waals surface area contributed by atoms with Crippen molar-refractivity contribution >= 4 is 10.0 Å². The minimum absolute atomic E-state index is 0.102. The monoisotopic (exact) mass is 221 g/mol. The Morgan fingerprint density at radius 3 is 2.57 bits per heavy atom. The van der Waals surface area contributed by atoms with Crippen LogP contribution in [0.15, 0.2) is 0 Å². The smallest absolute Gasteiger partial charge is 0.211 e. The van der Waals surface area contributed by atoms with Gasteiger partial charge in [-0.3, -0.25) is 0 Å². The molecule has 14 heavy (non-hydrogen) atoms. The first kappa shape index (κ1) is 11.9. The van der Waals surface area contributed by atoms with Crippen LogP contribution in [0.3, 0.4) is 0 Å². The topological polar surface area (TPSA) is 66.4 Å². The number of rotatable bonds is 4. The van der Waals surface area contributed by atoms with Gasteiger partial charge in [-0.1, -0.05) is 12.8 Å².